The molecule has 1 spiro atoms. The summed E-state index contributed by atoms with van der Waals surface area (Å²) in [6.45, 7) is 7.66. The second-order valence-electron chi connectivity index (χ2n) is 7.71. The summed E-state index contributed by atoms with van der Waals surface area (Å²) >= 11 is 0. The van der Waals surface area contributed by atoms with Crippen LogP contribution in [-0.4, -0.2) is 55.7 Å². The van der Waals surface area contributed by atoms with Crippen LogP contribution in [0.25, 0.3) is 0 Å². The Bertz CT molecular complexity index is 712. The second kappa shape index (κ2) is 7.63. The number of pyridine rings is 1. The van der Waals surface area contributed by atoms with Crippen molar-refractivity contribution in [3.8, 4) is 6.07 Å². The molecule has 3 rings (SSSR count). The normalized spacial score (nSPS) is 23.1. The molecule has 1 aromatic rings. The first-order valence-electron chi connectivity index (χ1n) is 9.45. The first kappa shape index (κ1) is 18.7. The van der Waals surface area contributed by atoms with E-state index in [0.717, 1.165) is 43.9 Å². The highest BCUT2D eigenvalue weighted by Gasteiger charge is 2.48. The van der Waals surface area contributed by atoms with Gasteiger partial charge in [-0.2, -0.15) is 5.26 Å². The lowest BCUT2D eigenvalue weighted by atomic mass is 9.78. The number of piperidine rings is 1. The van der Waals surface area contributed by atoms with Crippen molar-refractivity contribution in [2.24, 2.45) is 5.41 Å². The maximum Gasteiger partial charge on any atom is 0.230 e. The first-order chi connectivity index (χ1) is 12.5. The number of amides is 1. The molecule has 1 unspecified atom stereocenters. The monoisotopic (exact) mass is 356 g/mol. The Hall–Kier alpha value is -2.13. The SMILES string of the molecule is COCCN1CCCC2(CCN(c3nc(C(C)C)ccc3C#N)C2)C1=O. The lowest BCUT2D eigenvalue weighted by Crippen LogP contribution is -2.51. The van der Waals surface area contributed by atoms with E-state index in [0.29, 0.717) is 31.2 Å². The maximum atomic E-state index is 13.1. The second-order valence-corrected chi connectivity index (χ2v) is 7.71. The molecule has 2 saturated heterocycles. The Morgan fingerprint density at radius 1 is 1.35 bits per heavy atom. The van der Waals surface area contributed by atoms with Crippen molar-refractivity contribution < 1.29 is 9.53 Å². The zero-order chi connectivity index (χ0) is 18.7. The average Bonchev–Trinajstić information content (AvgIpc) is 3.07. The van der Waals surface area contributed by atoms with Crippen LogP contribution in [0.1, 0.15) is 50.3 Å². The average molecular weight is 356 g/mol. The highest BCUT2D eigenvalue weighted by molar-refractivity contribution is 5.85. The third-order valence-electron chi connectivity index (χ3n) is 5.65. The molecule has 3 heterocycles. The Labute approximate surface area is 155 Å². The fourth-order valence-corrected chi connectivity index (χ4v) is 4.11. The zero-order valence-corrected chi connectivity index (χ0v) is 16.0. The first-order valence-corrected chi connectivity index (χ1v) is 9.45. The van der Waals surface area contributed by atoms with Gasteiger partial charge in [0.2, 0.25) is 5.91 Å². The number of ether oxygens (including phenoxy) is 1. The fraction of sp³-hybridized carbons (Fsp3) is 0.650. The zero-order valence-electron chi connectivity index (χ0n) is 16.0. The van der Waals surface area contributed by atoms with Crippen molar-refractivity contribution >= 4 is 11.7 Å². The number of nitriles is 1. The van der Waals surface area contributed by atoms with Crippen LogP contribution in [0.4, 0.5) is 5.82 Å². The van der Waals surface area contributed by atoms with Gasteiger partial charge in [0.05, 0.1) is 17.6 Å². The van der Waals surface area contributed by atoms with Crippen LogP contribution in [-0.2, 0) is 9.53 Å². The molecule has 1 amide bonds. The van der Waals surface area contributed by atoms with Gasteiger partial charge in [-0.25, -0.2) is 4.98 Å². The predicted octanol–water partition coefficient (Wildman–Crippen LogP) is 2.54. The number of nitrogens with zero attached hydrogens (tertiary/aromatic N) is 4. The van der Waals surface area contributed by atoms with Crippen LogP contribution in [0.3, 0.4) is 0 Å². The molecular weight excluding hydrogens is 328 g/mol. The molecule has 26 heavy (non-hydrogen) atoms. The molecule has 1 atom stereocenters. The van der Waals surface area contributed by atoms with Crippen LogP contribution >= 0.6 is 0 Å². The van der Waals surface area contributed by atoms with E-state index in [9.17, 15) is 10.1 Å². The quantitative estimate of drug-likeness (QED) is 0.811. The van der Waals surface area contributed by atoms with E-state index in [1.165, 1.54) is 0 Å². The van der Waals surface area contributed by atoms with Crippen LogP contribution in [0.2, 0.25) is 0 Å². The summed E-state index contributed by atoms with van der Waals surface area (Å²) in [5.74, 6) is 1.28. The smallest absolute Gasteiger partial charge is 0.230 e. The molecule has 140 valence electrons. The van der Waals surface area contributed by atoms with Gasteiger partial charge in [-0.05, 0) is 37.3 Å². The molecule has 2 aliphatic rings. The summed E-state index contributed by atoms with van der Waals surface area (Å²) in [4.78, 5) is 22.0. The van der Waals surface area contributed by atoms with Gasteiger partial charge in [0.15, 0.2) is 0 Å². The standard InChI is InChI=1S/C20H28N4O2/c1-15(2)17-6-5-16(13-21)18(22-17)24-10-8-20(14-24)7-4-9-23(19(20)25)11-12-26-3/h5-6,15H,4,7-12,14H2,1-3H3. The van der Waals surface area contributed by atoms with Gasteiger partial charge in [0.25, 0.3) is 0 Å². The van der Waals surface area contributed by atoms with Crippen LogP contribution in [0, 0.1) is 16.7 Å². The Kier molecular flexibility index (Phi) is 5.47. The van der Waals surface area contributed by atoms with Crippen molar-refractivity contribution in [2.45, 2.75) is 39.0 Å². The largest absolute Gasteiger partial charge is 0.383 e. The lowest BCUT2D eigenvalue weighted by molar-refractivity contribution is -0.145. The minimum Gasteiger partial charge on any atom is -0.383 e. The number of likely N-dealkylation sites (tertiary alicyclic amines) is 1. The minimum atomic E-state index is -0.339. The number of methoxy groups -OCH3 is 1. The highest BCUT2D eigenvalue weighted by atomic mass is 16.5. The molecule has 0 aromatic carbocycles. The number of hydrogen-bond acceptors (Lipinski definition) is 5. The van der Waals surface area contributed by atoms with Crippen LogP contribution in [0.15, 0.2) is 12.1 Å². The summed E-state index contributed by atoms with van der Waals surface area (Å²) in [6, 6.07) is 6.05. The van der Waals surface area contributed by atoms with Gasteiger partial charge >= 0.3 is 0 Å². The number of anilines is 1. The Balaban J connectivity index is 1.83. The van der Waals surface area contributed by atoms with E-state index in [1.807, 2.05) is 17.0 Å². The minimum absolute atomic E-state index is 0.238. The summed E-state index contributed by atoms with van der Waals surface area (Å²) in [6.07, 6.45) is 2.76. The number of rotatable bonds is 5. The topological polar surface area (TPSA) is 69.5 Å². The molecule has 1 aromatic heterocycles. The van der Waals surface area contributed by atoms with Gasteiger partial charge in [-0.15, -0.1) is 0 Å². The van der Waals surface area contributed by atoms with Gasteiger partial charge in [0.1, 0.15) is 11.9 Å². The molecule has 6 nitrogen and oxygen atoms in total. The van der Waals surface area contributed by atoms with Crippen molar-refractivity contribution in [1.82, 2.24) is 9.88 Å². The molecule has 0 saturated carbocycles. The van der Waals surface area contributed by atoms with Gasteiger partial charge in [-0.3, -0.25) is 4.79 Å². The van der Waals surface area contributed by atoms with Crippen molar-refractivity contribution in [2.75, 3.05) is 44.8 Å². The lowest BCUT2D eigenvalue weighted by Gasteiger charge is -2.39. The molecule has 2 fully saturated rings. The highest BCUT2D eigenvalue weighted by Crippen LogP contribution is 2.42. The van der Waals surface area contributed by atoms with Crippen LogP contribution in [0.5, 0.6) is 0 Å². The molecular formula is C20H28N4O2. The van der Waals surface area contributed by atoms with E-state index >= 15 is 0 Å². The number of carbonyl (C=O) groups excluding carboxylic acids is 1. The Morgan fingerprint density at radius 2 is 2.15 bits per heavy atom. The molecule has 2 aliphatic heterocycles. The van der Waals surface area contributed by atoms with Gasteiger partial charge in [0, 0.05) is 39.0 Å². The number of carbonyl (C=O) groups is 1. The van der Waals surface area contributed by atoms with Crippen molar-refractivity contribution in [3.63, 3.8) is 0 Å². The van der Waals surface area contributed by atoms with Gasteiger partial charge in [-0.1, -0.05) is 13.8 Å². The van der Waals surface area contributed by atoms with Crippen LogP contribution < -0.4 is 4.90 Å². The summed E-state index contributed by atoms with van der Waals surface area (Å²) in [5.41, 5.74) is 1.23. The summed E-state index contributed by atoms with van der Waals surface area (Å²) in [7, 11) is 1.66. The fourth-order valence-electron chi connectivity index (χ4n) is 4.11. The molecule has 0 aliphatic carbocycles. The Morgan fingerprint density at radius 3 is 2.85 bits per heavy atom. The number of aromatic nitrogens is 1. The third kappa shape index (κ3) is 3.41. The van der Waals surface area contributed by atoms with Crippen molar-refractivity contribution in [1.29, 1.82) is 5.26 Å². The van der Waals surface area contributed by atoms with E-state index in [2.05, 4.69) is 24.8 Å². The molecule has 0 N–H and O–H groups in total. The number of hydrogen-bond donors (Lipinski definition) is 0. The van der Waals surface area contributed by atoms with E-state index in [4.69, 9.17) is 9.72 Å². The van der Waals surface area contributed by atoms with E-state index in [-0.39, 0.29) is 11.3 Å². The predicted molar refractivity (Wildman–Crippen MR) is 100.0 cm³/mol. The molecule has 0 radical (unpaired) electrons. The summed E-state index contributed by atoms with van der Waals surface area (Å²) < 4.78 is 5.15. The van der Waals surface area contributed by atoms with Gasteiger partial charge < -0.3 is 14.5 Å². The van der Waals surface area contributed by atoms with Crippen molar-refractivity contribution in [3.05, 3.63) is 23.4 Å². The third-order valence-corrected chi connectivity index (χ3v) is 5.65. The van der Waals surface area contributed by atoms with E-state index < -0.39 is 0 Å². The molecule has 0 bridgehead atoms. The molecule has 6 heteroatoms. The van der Waals surface area contributed by atoms with E-state index in [1.54, 1.807) is 7.11 Å². The summed E-state index contributed by atoms with van der Waals surface area (Å²) in [5, 5.41) is 9.50. The maximum absolute atomic E-state index is 13.1.